The van der Waals surface area contributed by atoms with Gasteiger partial charge in [0.25, 0.3) is 0 Å². The first-order valence-corrected chi connectivity index (χ1v) is 6.25. The van der Waals surface area contributed by atoms with Crippen LogP contribution in [0.15, 0.2) is 10.2 Å². The van der Waals surface area contributed by atoms with Crippen molar-refractivity contribution < 1.29 is 0 Å². The van der Waals surface area contributed by atoms with E-state index in [2.05, 4.69) is 16.5 Å². The second-order valence-corrected chi connectivity index (χ2v) is 4.50. The molecule has 5 heteroatoms. The van der Waals surface area contributed by atoms with Crippen LogP contribution in [-0.2, 0) is 0 Å². The monoisotopic (exact) mass is 214 g/mol. The molecule has 0 atom stereocenters. The van der Waals surface area contributed by atoms with Crippen molar-refractivity contribution >= 4 is 23.4 Å². The molecule has 0 unspecified atom stereocenters. The topological polar surface area (TPSA) is 76.8 Å². The average Bonchev–Trinajstić information content (AvgIpc) is 2.17. The van der Waals surface area contributed by atoms with Gasteiger partial charge >= 0.3 is 0 Å². The van der Waals surface area contributed by atoms with Crippen LogP contribution in [0.5, 0.6) is 0 Å². The second kappa shape index (κ2) is 5.90. The zero-order valence-corrected chi connectivity index (χ0v) is 9.39. The maximum absolute atomic E-state index is 5.20. The van der Waals surface area contributed by atoms with E-state index in [-0.39, 0.29) is 5.96 Å². The zero-order valence-electron chi connectivity index (χ0n) is 8.57. The molecular formula is C9H18N4S. The summed E-state index contributed by atoms with van der Waals surface area (Å²) in [6.07, 6.45) is 6.69. The van der Waals surface area contributed by atoms with Gasteiger partial charge in [-0.05, 0) is 43.6 Å². The number of nitrogens with two attached hydrogens (primary N) is 2. The van der Waals surface area contributed by atoms with E-state index in [4.69, 9.17) is 11.5 Å². The van der Waals surface area contributed by atoms with Crippen LogP contribution in [0.3, 0.4) is 0 Å². The van der Waals surface area contributed by atoms with E-state index in [1.807, 2.05) is 11.8 Å². The number of hydrogen-bond acceptors (Lipinski definition) is 3. The van der Waals surface area contributed by atoms with Gasteiger partial charge in [0.2, 0.25) is 5.96 Å². The lowest BCUT2D eigenvalue weighted by molar-refractivity contribution is 0.491. The Hall–Kier alpha value is -0.710. The van der Waals surface area contributed by atoms with E-state index in [9.17, 15) is 0 Å². The number of hydrogen-bond donors (Lipinski definition) is 2. The minimum atomic E-state index is 0.0451. The maximum atomic E-state index is 5.20. The Morgan fingerprint density at radius 3 is 2.57 bits per heavy atom. The van der Waals surface area contributed by atoms with Gasteiger partial charge in [0, 0.05) is 5.71 Å². The molecule has 0 aromatic carbocycles. The molecule has 0 bridgehead atoms. The van der Waals surface area contributed by atoms with Gasteiger partial charge in [-0.2, -0.15) is 16.9 Å². The molecule has 0 aromatic rings. The lowest BCUT2D eigenvalue weighted by Gasteiger charge is -2.21. The lowest BCUT2D eigenvalue weighted by Crippen LogP contribution is -2.22. The molecule has 4 nitrogen and oxygen atoms in total. The van der Waals surface area contributed by atoms with Crippen molar-refractivity contribution in [2.75, 3.05) is 12.0 Å². The largest absolute Gasteiger partial charge is 0.369 e. The van der Waals surface area contributed by atoms with Crippen LogP contribution >= 0.6 is 11.8 Å². The van der Waals surface area contributed by atoms with Crippen LogP contribution in [0.4, 0.5) is 0 Å². The van der Waals surface area contributed by atoms with Gasteiger partial charge in [0.15, 0.2) is 0 Å². The smallest absolute Gasteiger partial charge is 0.211 e. The SMILES string of the molecule is CSCC1CCC(=NN=C(N)N)CC1. The second-order valence-electron chi connectivity index (χ2n) is 3.59. The lowest BCUT2D eigenvalue weighted by atomic mass is 9.89. The molecule has 0 aromatic heterocycles. The van der Waals surface area contributed by atoms with E-state index >= 15 is 0 Å². The maximum Gasteiger partial charge on any atom is 0.211 e. The van der Waals surface area contributed by atoms with Crippen LogP contribution < -0.4 is 11.5 Å². The van der Waals surface area contributed by atoms with Crippen LogP contribution in [0, 0.1) is 5.92 Å². The Morgan fingerprint density at radius 2 is 2.07 bits per heavy atom. The van der Waals surface area contributed by atoms with Gasteiger partial charge in [0.1, 0.15) is 0 Å². The summed E-state index contributed by atoms with van der Waals surface area (Å²) in [5.74, 6) is 2.15. The number of rotatable bonds is 3. The van der Waals surface area contributed by atoms with E-state index < -0.39 is 0 Å². The van der Waals surface area contributed by atoms with Gasteiger partial charge in [-0.15, -0.1) is 5.10 Å². The van der Waals surface area contributed by atoms with Gasteiger partial charge in [-0.1, -0.05) is 0 Å². The summed E-state index contributed by atoms with van der Waals surface area (Å²) in [6.45, 7) is 0. The Kier molecular flexibility index (Phi) is 4.79. The highest BCUT2D eigenvalue weighted by atomic mass is 32.2. The van der Waals surface area contributed by atoms with Crippen molar-refractivity contribution in [3.63, 3.8) is 0 Å². The first-order valence-electron chi connectivity index (χ1n) is 4.85. The molecule has 0 radical (unpaired) electrons. The third-order valence-corrected chi connectivity index (χ3v) is 3.20. The molecule has 80 valence electrons. The van der Waals surface area contributed by atoms with Gasteiger partial charge < -0.3 is 11.5 Å². The highest BCUT2D eigenvalue weighted by molar-refractivity contribution is 7.98. The average molecular weight is 214 g/mol. The molecule has 0 amide bonds. The fourth-order valence-corrected chi connectivity index (χ4v) is 2.45. The summed E-state index contributed by atoms with van der Waals surface area (Å²) in [5, 5.41) is 7.70. The van der Waals surface area contributed by atoms with Crippen LogP contribution in [0.1, 0.15) is 25.7 Å². The summed E-state index contributed by atoms with van der Waals surface area (Å²) in [6, 6.07) is 0. The van der Waals surface area contributed by atoms with Crippen molar-refractivity contribution in [1.82, 2.24) is 0 Å². The minimum absolute atomic E-state index is 0.0451. The highest BCUT2D eigenvalue weighted by Crippen LogP contribution is 2.24. The quantitative estimate of drug-likeness (QED) is 0.420. The molecule has 1 aliphatic carbocycles. The Morgan fingerprint density at radius 1 is 1.43 bits per heavy atom. The summed E-state index contributed by atoms with van der Waals surface area (Å²) in [4.78, 5) is 0. The standard InChI is InChI=1S/C9H18N4S/c1-14-6-7-2-4-8(5-3-7)12-13-9(10)11/h7H,2-6H2,1H3,(H4,10,11,13). The van der Waals surface area contributed by atoms with Crippen LogP contribution in [0.25, 0.3) is 0 Å². The fraction of sp³-hybridized carbons (Fsp3) is 0.778. The predicted molar refractivity (Wildman–Crippen MR) is 63.6 cm³/mol. The summed E-state index contributed by atoms with van der Waals surface area (Å²) in [7, 11) is 0. The Bertz CT molecular complexity index is 223. The van der Waals surface area contributed by atoms with E-state index in [0.29, 0.717) is 0 Å². The summed E-state index contributed by atoms with van der Waals surface area (Å²) in [5.41, 5.74) is 11.5. The fourth-order valence-electron chi connectivity index (χ4n) is 1.64. The van der Waals surface area contributed by atoms with Crippen molar-refractivity contribution in [3.8, 4) is 0 Å². The number of guanidine groups is 1. The van der Waals surface area contributed by atoms with E-state index in [0.717, 1.165) is 24.5 Å². The normalized spacial score (nSPS) is 21.8. The molecule has 0 heterocycles. The van der Waals surface area contributed by atoms with Crippen molar-refractivity contribution in [2.45, 2.75) is 25.7 Å². The van der Waals surface area contributed by atoms with Gasteiger partial charge in [-0.25, -0.2) is 0 Å². The number of nitrogens with zero attached hydrogens (tertiary/aromatic N) is 2. The summed E-state index contributed by atoms with van der Waals surface area (Å²) < 4.78 is 0. The third kappa shape index (κ3) is 4.00. The Labute approximate surface area is 89.2 Å². The molecule has 4 N–H and O–H groups in total. The molecule has 1 saturated carbocycles. The summed E-state index contributed by atoms with van der Waals surface area (Å²) >= 11 is 1.92. The first kappa shape index (κ1) is 11.4. The third-order valence-electron chi connectivity index (χ3n) is 2.39. The van der Waals surface area contributed by atoms with E-state index in [1.54, 1.807) is 0 Å². The molecule has 0 saturated heterocycles. The minimum Gasteiger partial charge on any atom is -0.369 e. The predicted octanol–water partition coefficient (Wildman–Crippen LogP) is 1.17. The first-order chi connectivity index (χ1) is 6.72. The molecule has 1 aliphatic rings. The van der Waals surface area contributed by atoms with Crippen molar-refractivity contribution in [3.05, 3.63) is 0 Å². The molecule has 0 aliphatic heterocycles. The van der Waals surface area contributed by atoms with Crippen LogP contribution in [-0.4, -0.2) is 23.7 Å². The molecule has 1 rings (SSSR count). The van der Waals surface area contributed by atoms with Crippen molar-refractivity contribution in [1.29, 1.82) is 0 Å². The van der Waals surface area contributed by atoms with Crippen molar-refractivity contribution in [2.24, 2.45) is 27.6 Å². The van der Waals surface area contributed by atoms with Gasteiger partial charge in [-0.3, -0.25) is 0 Å². The Balaban J connectivity index is 2.35. The van der Waals surface area contributed by atoms with E-state index in [1.165, 1.54) is 18.6 Å². The highest BCUT2D eigenvalue weighted by Gasteiger charge is 2.16. The molecule has 14 heavy (non-hydrogen) atoms. The molecular weight excluding hydrogens is 196 g/mol. The zero-order chi connectivity index (χ0) is 10.4. The van der Waals surface area contributed by atoms with Crippen LogP contribution in [0.2, 0.25) is 0 Å². The molecule has 0 spiro atoms. The number of thioether (sulfide) groups is 1. The van der Waals surface area contributed by atoms with Gasteiger partial charge in [0.05, 0.1) is 0 Å². The molecule has 1 fully saturated rings.